The fourth-order valence-electron chi connectivity index (χ4n) is 1.14. The monoisotopic (exact) mass is 292 g/mol. The zero-order chi connectivity index (χ0) is 14.5. The Morgan fingerprint density at radius 2 is 1.79 bits per heavy atom. The highest BCUT2D eigenvalue weighted by molar-refractivity contribution is 7.86. The van der Waals surface area contributed by atoms with E-state index >= 15 is 0 Å². The minimum absolute atomic E-state index is 0.0399. The number of benzene rings is 1. The molecule has 0 N–H and O–H groups in total. The van der Waals surface area contributed by atoms with Gasteiger partial charge in [0.05, 0.1) is 11.5 Å². The third-order valence-electron chi connectivity index (χ3n) is 2.01. The van der Waals surface area contributed by atoms with Gasteiger partial charge in [-0.2, -0.15) is 21.6 Å². The normalized spacial score (nSPS) is 11.8. The number of alkyl halides is 3. The van der Waals surface area contributed by atoms with Gasteiger partial charge in [-0.25, -0.2) is 0 Å². The maximum absolute atomic E-state index is 11.7. The molecule has 0 saturated carbocycles. The standard InChI is InChI=1S/C12H11F3O3S/c1-10-4-6-11(7-5-10)19(16,17)18-9-3-2-8-12(13,14)15/h4-7H,3,9H2,1H3. The first-order chi connectivity index (χ1) is 8.71. The lowest BCUT2D eigenvalue weighted by molar-refractivity contribution is -0.0697. The van der Waals surface area contributed by atoms with E-state index in [-0.39, 0.29) is 11.3 Å². The molecule has 0 fully saturated rings. The van der Waals surface area contributed by atoms with Gasteiger partial charge in [-0.05, 0) is 19.1 Å². The highest BCUT2D eigenvalue weighted by atomic mass is 32.2. The molecule has 0 aliphatic heterocycles. The van der Waals surface area contributed by atoms with Crippen molar-refractivity contribution in [3.05, 3.63) is 29.8 Å². The number of aryl methyl sites for hydroxylation is 1. The van der Waals surface area contributed by atoms with Gasteiger partial charge < -0.3 is 0 Å². The molecule has 0 radical (unpaired) electrons. The number of hydrogen-bond donors (Lipinski definition) is 0. The second-order valence-electron chi connectivity index (χ2n) is 3.64. The van der Waals surface area contributed by atoms with Gasteiger partial charge in [0.15, 0.2) is 0 Å². The number of hydrogen-bond acceptors (Lipinski definition) is 3. The Balaban J connectivity index is 2.57. The summed E-state index contributed by atoms with van der Waals surface area (Å²) in [6.45, 7) is 1.38. The quantitative estimate of drug-likeness (QED) is 0.487. The van der Waals surface area contributed by atoms with Crippen molar-refractivity contribution in [2.45, 2.75) is 24.4 Å². The lowest BCUT2D eigenvalue weighted by Crippen LogP contribution is -2.07. The molecule has 0 spiro atoms. The zero-order valence-electron chi connectivity index (χ0n) is 9.99. The molecular weight excluding hydrogens is 281 g/mol. The highest BCUT2D eigenvalue weighted by Gasteiger charge is 2.22. The van der Waals surface area contributed by atoms with Crippen LogP contribution in [-0.4, -0.2) is 21.2 Å². The van der Waals surface area contributed by atoms with Crippen molar-refractivity contribution in [2.75, 3.05) is 6.61 Å². The smallest absolute Gasteiger partial charge is 0.265 e. The van der Waals surface area contributed by atoms with Gasteiger partial charge >= 0.3 is 6.18 Å². The van der Waals surface area contributed by atoms with E-state index in [1.54, 1.807) is 25.0 Å². The molecule has 0 unspecified atom stereocenters. The summed E-state index contributed by atoms with van der Waals surface area (Å²) in [6.07, 6.45) is -4.89. The van der Waals surface area contributed by atoms with E-state index in [0.717, 1.165) is 11.5 Å². The molecule has 0 amide bonds. The molecule has 19 heavy (non-hydrogen) atoms. The van der Waals surface area contributed by atoms with Gasteiger partial charge in [-0.15, -0.1) is 0 Å². The van der Waals surface area contributed by atoms with Crippen LogP contribution in [0.3, 0.4) is 0 Å². The van der Waals surface area contributed by atoms with Gasteiger partial charge in [-0.3, -0.25) is 4.18 Å². The molecule has 0 saturated heterocycles. The van der Waals surface area contributed by atoms with Gasteiger partial charge in [0.1, 0.15) is 0 Å². The molecule has 1 aromatic rings. The van der Waals surface area contributed by atoms with Crippen molar-refractivity contribution < 1.29 is 25.8 Å². The van der Waals surface area contributed by atoms with Crippen LogP contribution in [-0.2, 0) is 14.3 Å². The Morgan fingerprint density at radius 1 is 1.21 bits per heavy atom. The Labute approximate surface area is 109 Å². The third-order valence-corrected chi connectivity index (χ3v) is 3.33. The molecular formula is C12H11F3O3S. The molecule has 0 aliphatic carbocycles. The van der Waals surface area contributed by atoms with E-state index in [9.17, 15) is 21.6 Å². The average molecular weight is 292 g/mol. The molecule has 0 aromatic heterocycles. The largest absolute Gasteiger partial charge is 0.457 e. The van der Waals surface area contributed by atoms with Crippen LogP contribution >= 0.6 is 0 Å². The predicted octanol–water partition coefficient (Wildman–Crippen LogP) is 2.66. The SMILES string of the molecule is Cc1ccc(S(=O)(=O)OCCC#CC(F)(F)F)cc1. The summed E-state index contributed by atoms with van der Waals surface area (Å²) in [5.41, 5.74) is 0.884. The van der Waals surface area contributed by atoms with Crippen LogP contribution < -0.4 is 0 Å². The van der Waals surface area contributed by atoms with Crippen molar-refractivity contribution in [2.24, 2.45) is 0 Å². The maximum Gasteiger partial charge on any atom is 0.457 e. The molecule has 0 aliphatic rings. The van der Waals surface area contributed by atoms with Gasteiger partial charge in [0, 0.05) is 12.3 Å². The molecule has 0 heterocycles. The van der Waals surface area contributed by atoms with E-state index in [4.69, 9.17) is 0 Å². The van der Waals surface area contributed by atoms with Crippen LogP contribution in [0.1, 0.15) is 12.0 Å². The molecule has 1 aromatic carbocycles. The fraction of sp³-hybridized carbons (Fsp3) is 0.333. The Morgan fingerprint density at radius 3 is 2.32 bits per heavy atom. The average Bonchev–Trinajstić information content (AvgIpc) is 2.27. The topological polar surface area (TPSA) is 43.4 Å². The Hall–Kier alpha value is -1.52. The first-order valence-corrected chi connectivity index (χ1v) is 6.64. The minimum Gasteiger partial charge on any atom is -0.265 e. The molecule has 7 heteroatoms. The first kappa shape index (κ1) is 15.5. The van der Waals surface area contributed by atoms with E-state index < -0.39 is 22.9 Å². The Bertz CT molecular complexity index is 577. The molecule has 104 valence electrons. The van der Waals surface area contributed by atoms with Crippen LogP contribution in [0.4, 0.5) is 13.2 Å². The van der Waals surface area contributed by atoms with E-state index in [2.05, 4.69) is 4.18 Å². The third kappa shape index (κ3) is 5.77. The number of halogens is 3. The summed E-state index contributed by atoms with van der Waals surface area (Å²) in [6, 6.07) is 5.93. The van der Waals surface area contributed by atoms with E-state index in [0.29, 0.717) is 0 Å². The lowest BCUT2D eigenvalue weighted by atomic mass is 10.2. The van der Waals surface area contributed by atoms with Crippen molar-refractivity contribution in [1.82, 2.24) is 0 Å². The summed E-state index contributed by atoms with van der Waals surface area (Å²) in [5.74, 6) is 2.82. The van der Waals surface area contributed by atoms with Crippen LogP contribution in [0.15, 0.2) is 29.2 Å². The van der Waals surface area contributed by atoms with Crippen LogP contribution in [0.2, 0.25) is 0 Å². The zero-order valence-corrected chi connectivity index (χ0v) is 10.8. The van der Waals surface area contributed by atoms with Crippen LogP contribution in [0, 0.1) is 18.8 Å². The van der Waals surface area contributed by atoms with Gasteiger partial charge in [0.25, 0.3) is 10.1 Å². The number of rotatable bonds is 4. The lowest BCUT2D eigenvalue weighted by Gasteiger charge is -2.04. The predicted molar refractivity (Wildman–Crippen MR) is 62.8 cm³/mol. The van der Waals surface area contributed by atoms with Crippen LogP contribution in [0.5, 0.6) is 0 Å². The van der Waals surface area contributed by atoms with Crippen molar-refractivity contribution in [3.8, 4) is 11.8 Å². The maximum atomic E-state index is 11.7. The van der Waals surface area contributed by atoms with Crippen molar-refractivity contribution in [1.29, 1.82) is 0 Å². The van der Waals surface area contributed by atoms with E-state index in [1.807, 2.05) is 0 Å². The molecule has 3 nitrogen and oxygen atoms in total. The minimum atomic E-state index is -4.57. The van der Waals surface area contributed by atoms with Crippen LogP contribution in [0.25, 0.3) is 0 Å². The summed E-state index contributed by atoms with van der Waals surface area (Å²) >= 11 is 0. The molecule has 0 bridgehead atoms. The van der Waals surface area contributed by atoms with E-state index in [1.165, 1.54) is 12.1 Å². The first-order valence-electron chi connectivity index (χ1n) is 5.23. The summed E-state index contributed by atoms with van der Waals surface area (Å²) in [7, 11) is -3.94. The van der Waals surface area contributed by atoms with Gasteiger partial charge in [-0.1, -0.05) is 23.6 Å². The van der Waals surface area contributed by atoms with Gasteiger partial charge in [0.2, 0.25) is 0 Å². The Kier molecular flexibility index (Phi) is 4.97. The molecule has 0 atom stereocenters. The molecule has 1 rings (SSSR count). The summed E-state index contributed by atoms with van der Waals surface area (Å²) in [5, 5.41) is 0. The van der Waals surface area contributed by atoms with Crippen molar-refractivity contribution >= 4 is 10.1 Å². The second-order valence-corrected chi connectivity index (χ2v) is 5.25. The summed E-state index contributed by atoms with van der Waals surface area (Å²) < 4.78 is 62.9. The highest BCUT2D eigenvalue weighted by Crippen LogP contribution is 2.14. The fourth-order valence-corrected chi connectivity index (χ4v) is 2.05. The summed E-state index contributed by atoms with van der Waals surface area (Å²) in [4.78, 5) is -0.0399. The second kappa shape index (κ2) is 6.08. The van der Waals surface area contributed by atoms with Crippen molar-refractivity contribution in [3.63, 3.8) is 0 Å².